The van der Waals surface area contributed by atoms with E-state index >= 15 is 0 Å². The molecule has 0 spiro atoms. The summed E-state index contributed by atoms with van der Waals surface area (Å²) in [7, 11) is 0. The van der Waals surface area contributed by atoms with Crippen molar-refractivity contribution < 1.29 is 9.59 Å². The molecule has 0 unspecified atom stereocenters. The number of hydrogen-bond donors (Lipinski definition) is 1. The Hall–Kier alpha value is -2.53. The topological polar surface area (TPSA) is 62.3 Å². The van der Waals surface area contributed by atoms with Gasteiger partial charge in [0, 0.05) is 17.3 Å². The predicted octanol–water partition coefficient (Wildman–Crippen LogP) is 2.67. The molecule has 2 aromatic rings. The van der Waals surface area contributed by atoms with Gasteiger partial charge in [0.1, 0.15) is 5.69 Å². The van der Waals surface area contributed by atoms with Gasteiger partial charge in [-0.2, -0.15) is 0 Å². The summed E-state index contributed by atoms with van der Waals surface area (Å²) in [6, 6.07) is 13.7. The number of hydrogen-bond acceptors (Lipinski definition) is 4. The van der Waals surface area contributed by atoms with Crippen LogP contribution in [0.5, 0.6) is 0 Å². The number of carbonyl (C=O) groups is 2. The monoisotopic (exact) mass is 297 g/mol. The second-order valence-corrected chi connectivity index (χ2v) is 5.89. The van der Waals surface area contributed by atoms with E-state index in [2.05, 4.69) is 10.4 Å². The van der Waals surface area contributed by atoms with Crippen molar-refractivity contribution in [2.24, 2.45) is 0 Å². The lowest BCUT2D eigenvalue weighted by Gasteiger charge is -2.30. The molecule has 0 fully saturated rings. The maximum atomic E-state index is 12.7. The fourth-order valence-electron chi connectivity index (χ4n) is 1.84. The minimum atomic E-state index is -0.482. The lowest BCUT2D eigenvalue weighted by atomic mass is 10.1. The van der Waals surface area contributed by atoms with Gasteiger partial charge < -0.3 is 0 Å². The van der Waals surface area contributed by atoms with E-state index in [4.69, 9.17) is 0 Å². The minimum Gasteiger partial charge on any atom is -0.267 e. The number of carbonyl (C=O) groups excluding carboxylic acids is 2. The SMILES string of the molecule is CC(C)(C)NN(C(=O)c1ccccc1)C(=O)c1ccccn1. The van der Waals surface area contributed by atoms with Gasteiger partial charge in [-0.3, -0.25) is 14.6 Å². The first-order valence-corrected chi connectivity index (χ1v) is 7.01. The summed E-state index contributed by atoms with van der Waals surface area (Å²) < 4.78 is 0. The molecule has 2 amide bonds. The van der Waals surface area contributed by atoms with Crippen LogP contribution in [0.4, 0.5) is 0 Å². The Morgan fingerprint density at radius 3 is 2.14 bits per heavy atom. The van der Waals surface area contributed by atoms with Gasteiger partial charge in [0.15, 0.2) is 0 Å². The van der Waals surface area contributed by atoms with Crippen LogP contribution in [0.25, 0.3) is 0 Å². The van der Waals surface area contributed by atoms with Gasteiger partial charge >= 0.3 is 0 Å². The molecule has 1 aromatic carbocycles. The van der Waals surface area contributed by atoms with Gasteiger partial charge in [-0.25, -0.2) is 10.4 Å². The molecule has 0 aliphatic heterocycles. The van der Waals surface area contributed by atoms with Crippen molar-refractivity contribution in [2.45, 2.75) is 26.3 Å². The van der Waals surface area contributed by atoms with E-state index in [1.807, 2.05) is 26.8 Å². The zero-order valence-corrected chi connectivity index (χ0v) is 12.9. The van der Waals surface area contributed by atoms with E-state index in [1.165, 1.54) is 6.20 Å². The third kappa shape index (κ3) is 3.99. The molecule has 0 atom stereocenters. The van der Waals surface area contributed by atoms with Crippen LogP contribution >= 0.6 is 0 Å². The number of pyridine rings is 1. The summed E-state index contributed by atoms with van der Waals surface area (Å²) in [5.41, 5.74) is 3.14. The summed E-state index contributed by atoms with van der Waals surface area (Å²) in [6.07, 6.45) is 1.52. The van der Waals surface area contributed by atoms with Gasteiger partial charge in [0.05, 0.1) is 0 Å². The number of hydrazine groups is 1. The molecule has 5 heteroatoms. The van der Waals surface area contributed by atoms with Crippen molar-refractivity contribution in [3.05, 3.63) is 66.0 Å². The van der Waals surface area contributed by atoms with Crippen molar-refractivity contribution in [1.82, 2.24) is 15.4 Å². The van der Waals surface area contributed by atoms with Crippen LogP contribution in [-0.4, -0.2) is 27.3 Å². The Morgan fingerprint density at radius 2 is 1.59 bits per heavy atom. The van der Waals surface area contributed by atoms with Crippen molar-refractivity contribution in [2.75, 3.05) is 0 Å². The Balaban J connectivity index is 2.35. The Labute approximate surface area is 130 Å². The fraction of sp³-hybridized carbons (Fsp3) is 0.235. The normalized spacial score (nSPS) is 11.0. The average molecular weight is 297 g/mol. The van der Waals surface area contributed by atoms with E-state index in [1.54, 1.807) is 42.5 Å². The van der Waals surface area contributed by atoms with Gasteiger partial charge in [-0.15, -0.1) is 0 Å². The van der Waals surface area contributed by atoms with Crippen LogP contribution in [-0.2, 0) is 0 Å². The van der Waals surface area contributed by atoms with Crippen molar-refractivity contribution in [3.8, 4) is 0 Å². The smallest absolute Gasteiger partial charge is 0.267 e. The highest BCUT2D eigenvalue weighted by Crippen LogP contribution is 2.10. The van der Waals surface area contributed by atoms with Gasteiger partial charge in [0.25, 0.3) is 11.8 Å². The van der Waals surface area contributed by atoms with E-state index in [-0.39, 0.29) is 5.69 Å². The maximum Gasteiger partial charge on any atom is 0.293 e. The molecule has 0 saturated heterocycles. The molecule has 2 rings (SSSR count). The number of aromatic nitrogens is 1. The van der Waals surface area contributed by atoms with Gasteiger partial charge in [0.2, 0.25) is 0 Å². The first kappa shape index (κ1) is 15.9. The largest absolute Gasteiger partial charge is 0.293 e. The minimum absolute atomic E-state index is 0.212. The molecular formula is C17H19N3O2. The summed E-state index contributed by atoms with van der Waals surface area (Å²) >= 11 is 0. The van der Waals surface area contributed by atoms with Crippen LogP contribution < -0.4 is 5.43 Å². The maximum absolute atomic E-state index is 12.7. The summed E-state index contributed by atoms with van der Waals surface area (Å²) in [6.45, 7) is 5.64. The Kier molecular flexibility index (Phi) is 4.68. The molecule has 0 bridgehead atoms. The lowest BCUT2D eigenvalue weighted by molar-refractivity contribution is 0.0448. The molecular weight excluding hydrogens is 278 g/mol. The molecule has 1 aromatic heterocycles. The standard InChI is InChI=1S/C17H19N3O2/c1-17(2,3)19-20(15(21)13-9-5-4-6-10-13)16(22)14-11-7-8-12-18-14/h4-12,19H,1-3H3. The Morgan fingerprint density at radius 1 is 0.955 bits per heavy atom. The van der Waals surface area contributed by atoms with Crippen LogP contribution in [0.3, 0.4) is 0 Å². The summed E-state index contributed by atoms with van der Waals surface area (Å²) in [5, 5.41) is 1.03. The van der Waals surface area contributed by atoms with E-state index in [9.17, 15) is 9.59 Å². The molecule has 0 aliphatic carbocycles. The third-order valence-corrected chi connectivity index (χ3v) is 2.76. The molecule has 0 saturated carbocycles. The Bertz CT molecular complexity index is 597. The number of nitrogens with one attached hydrogen (secondary N) is 1. The number of imide groups is 1. The van der Waals surface area contributed by atoms with Crippen LogP contribution in [0.2, 0.25) is 0 Å². The number of rotatable bonds is 3. The van der Waals surface area contributed by atoms with E-state index in [0.717, 1.165) is 5.01 Å². The van der Waals surface area contributed by atoms with E-state index < -0.39 is 17.4 Å². The highest BCUT2D eigenvalue weighted by molar-refractivity contribution is 6.09. The van der Waals surface area contributed by atoms with Crippen LogP contribution in [0.15, 0.2) is 54.7 Å². The first-order valence-electron chi connectivity index (χ1n) is 7.01. The second-order valence-electron chi connectivity index (χ2n) is 5.89. The summed E-state index contributed by atoms with van der Waals surface area (Å²) in [4.78, 5) is 29.3. The fourth-order valence-corrected chi connectivity index (χ4v) is 1.84. The third-order valence-electron chi connectivity index (χ3n) is 2.76. The molecule has 5 nitrogen and oxygen atoms in total. The number of amides is 2. The van der Waals surface area contributed by atoms with E-state index in [0.29, 0.717) is 5.56 Å². The molecule has 1 N–H and O–H groups in total. The number of benzene rings is 1. The predicted molar refractivity (Wildman–Crippen MR) is 84.1 cm³/mol. The number of nitrogens with zero attached hydrogens (tertiary/aromatic N) is 2. The quantitative estimate of drug-likeness (QED) is 0.699. The molecule has 114 valence electrons. The van der Waals surface area contributed by atoms with Crippen molar-refractivity contribution in [3.63, 3.8) is 0 Å². The van der Waals surface area contributed by atoms with Crippen molar-refractivity contribution in [1.29, 1.82) is 0 Å². The highest BCUT2D eigenvalue weighted by atomic mass is 16.2. The molecule has 0 aliphatic rings. The van der Waals surface area contributed by atoms with Crippen LogP contribution in [0.1, 0.15) is 41.6 Å². The van der Waals surface area contributed by atoms with Gasteiger partial charge in [-0.1, -0.05) is 24.3 Å². The molecule has 0 radical (unpaired) electrons. The molecule has 22 heavy (non-hydrogen) atoms. The molecule has 1 heterocycles. The zero-order chi connectivity index (χ0) is 16.2. The summed E-state index contributed by atoms with van der Waals surface area (Å²) in [5.74, 6) is -0.893. The highest BCUT2D eigenvalue weighted by Gasteiger charge is 2.28. The van der Waals surface area contributed by atoms with Gasteiger partial charge in [-0.05, 0) is 45.0 Å². The van der Waals surface area contributed by atoms with Crippen LogP contribution in [0, 0.1) is 0 Å². The first-order chi connectivity index (χ1) is 10.4. The second kappa shape index (κ2) is 6.49. The zero-order valence-electron chi connectivity index (χ0n) is 12.9. The lowest BCUT2D eigenvalue weighted by Crippen LogP contribution is -2.54. The van der Waals surface area contributed by atoms with Crippen molar-refractivity contribution >= 4 is 11.8 Å². The average Bonchev–Trinajstić information content (AvgIpc) is 2.52.